The largest absolute Gasteiger partial charge is 0.385 e. The molecule has 1 saturated heterocycles. The minimum Gasteiger partial charge on any atom is -0.385 e. The van der Waals surface area contributed by atoms with Crippen LogP contribution in [0.5, 0.6) is 0 Å². The number of rotatable bonds is 4. The third-order valence-corrected chi connectivity index (χ3v) is 7.07. The Morgan fingerprint density at radius 2 is 1.81 bits per heavy atom. The third-order valence-electron chi connectivity index (χ3n) is 4.90. The summed E-state index contributed by atoms with van der Waals surface area (Å²) in [6.07, 6.45) is 2.81. The molecule has 26 heavy (non-hydrogen) atoms. The van der Waals surface area contributed by atoms with E-state index in [2.05, 4.69) is 35.4 Å². The van der Waals surface area contributed by atoms with Crippen molar-refractivity contribution in [3.63, 3.8) is 0 Å². The van der Waals surface area contributed by atoms with Gasteiger partial charge >= 0.3 is 0 Å². The minimum absolute atomic E-state index is 0.0841. The molecule has 0 saturated carbocycles. The number of hydrogen-bond acceptors (Lipinski definition) is 6. The summed E-state index contributed by atoms with van der Waals surface area (Å²) in [6.45, 7) is 8.14. The second-order valence-electron chi connectivity index (χ2n) is 7.66. The van der Waals surface area contributed by atoms with Gasteiger partial charge in [0.15, 0.2) is 5.13 Å². The van der Waals surface area contributed by atoms with E-state index in [1.165, 1.54) is 11.3 Å². The molecule has 6 nitrogen and oxygen atoms in total. The van der Waals surface area contributed by atoms with Crippen molar-refractivity contribution in [1.29, 1.82) is 0 Å². The number of sulfonamides is 1. The first-order valence-corrected chi connectivity index (χ1v) is 11.0. The van der Waals surface area contributed by atoms with Gasteiger partial charge in [0.1, 0.15) is 0 Å². The minimum atomic E-state index is -3.67. The Morgan fingerprint density at radius 3 is 2.31 bits per heavy atom. The maximum Gasteiger partial charge on any atom is 0.263 e. The summed E-state index contributed by atoms with van der Waals surface area (Å²) in [5.41, 5.74) is -0.0627. The number of nitrogens with one attached hydrogen (secondary N) is 1. The van der Waals surface area contributed by atoms with E-state index in [0.717, 1.165) is 18.7 Å². The first kappa shape index (κ1) is 19.3. The van der Waals surface area contributed by atoms with Crippen molar-refractivity contribution < 1.29 is 13.5 Å². The monoisotopic (exact) mass is 395 g/mol. The highest BCUT2D eigenvalue weighted by atomic mass is 32.2. The molecule has 0 radical (unpaired) electrons. The fraction of sp³-hybridized carbons (Fsp3) is 0.500. The molecule has 1 aliphatic heterocycles. The molecule has 0 spiro atoms. The van der Waals surface area contributed by atoms with E-state index in [4.69, 9.17) is 0 Å². The Labute approximate surface area is 158 Å². The molecule has 0 amide bonds. The van der Waals surface area contributed by atoms with Gasteiger partial charge in [0, 0.05) is 30.2 Å². The standard InChI is InChI=1S/C18H25N3O3S2/c1-17(2,3)21-11-8-18(22,9-12-21)14-4-6-15(7-5-14)26(23,24)20-16-19-10-13-25-16/h4-7,10,13,22H,8-9,11-12H2,1-3H3,(H,19,20). The third kappa shape index (κ3) is 4.09. The number of nitrogens with zero attached hydrogens (tertiary/aromatic N) is 2. The van der Waals surface area contributed by atoms with Crippen LogP contribution in [-0.4, -0.2) is 42.0 Å². The average molecular weight is 396 g/mol. The molecule has 1 aliphatic rings. The lowest BCUT2D eigenvalue weighted by molar-refractivity contribution is -0.0461. The Bertz CT molecular complexity index is 833. The molecule has 3 rings (SSSR count). The Balaban J connectivity index is 1.73. The molecular formula is C18H25N3O3S2. The van der Waals surface area contributed by atoms with Crippen LogP contribution in [0.3, 0.4) is 0 Å². The highest BCUT2D eigenvalue weighted by Gasteiger charge is 2.37. The fourth-order valence-electron chi connectivity index (χ4n) is 3.23. The van der Waals surface area contributed by atoms with E-state index in [1.807, 2.05) is 0 Å². The van der Waals surface area contributed by atoms with Gasteiger partial charge in [0.2, 0.25) is 0 Å². The summed E-state index contributed by atoms with van der Waals surface area (Å²) in [5.74, 6) is 0. The molecule has 2 heterocycles. The summed E-state index contributed by atoms with van der Waals surface area (Å²) in [4.78, 5) is 6.46. The molecule has 2 aromatic rings. The van der Waals surface area contributed by atoms with Crippen LogP contribution in [0.25, 0.3) is 0 Å². The van der Waals surface area contributed by atoms with Crippen molar-refractivity contribution in [1.82, 2.24) is 9.88 Å². The van der Waals surface area contributed by atoms with Crippen LogP contribution in [0, 0.1) is 0 Å². The predicted molar refractivity (Wildman–Crippen MR) is 104 cm³/mol. The van der Waals surface area contributed by atoms with Crippen LogP contribution in [0.2, 0.25) is 0 Å². The quantitative estimate of drug-likeness (QED) is 0.831. The molecule has 1 aromatic carbocycles. The summed E-state index contributed by atoms with van der Waals surface area (Å²) in [6, 6.07) is 6.51. The zero-order valence-electron chi connectivity index (χ0n) is 15.3. The average Bonchev–Trinajstić information content (AvgIpc) is 3.07. The summed E-state index contributed by atoms with van der Waals surface area (Å²) >= 11 is 1.23. The van der Waals surface area contributed by atoms with Crippen molar-refractivity contribution in [3.8, 4) is 0 Å². The number of hydrogen-bond donors (Lipinski definition) is 2. The summed E-state index contributed by atoms with van der Waals surface area (Å²) in [5, 5.41) is 13.1. The van der Waals surface area contributed by atoms with Gasteiger partial charge in [0.25, 0.3) is 10.0 Å². The van der Waals surface area contributed by atoms with Gasteiger partial charge in [0.05, 0.1) is 10.5 Å². The maximum absolute atomic E-state index is 12.4. The van der Waals surface area contributed by atoms with E-state index in [0.29, 0.717) is 18.0 Å². The van der Waals surface area contributed by atoms with Crippen molar-refractivity contribution in [3.05, 3.63) is 41.4 Å². The van der Waals surface area contributed by atoms with Crippen molar-refractivity contribution in [2.45, 2.75) is 49.6 Å². The zero-order chi connectivity index (χ0) is 19.0. The zero-order valence-corrected chi connectivity index (χ0v) is 16.9. The summed E-state index contributed by atoms with van der Waals surface area (Å²) in [7, 11) is -3.67. The van der Waals surface area contributed by atoms with E-state index in [1.54, 1.807) is 35.8 Å². The number of aromatic nitrogens is 1. The number of aliphatic hydroxyl groups is 1. The molecule has 0 aliphatic carbocycles. The fourth-order valence-corrected chi connectivity index (χ4v) is 5.02. The van der Waals surface area contributed by atoms with Gasteiger partial charge in [-0.25, -0.2) is 13.4 Å². The van der Waals surface area contributed by atoms with Gasteiger partial charge in [-0.15, -0.1) is 11.3 Å². The van der Waals surface area contributed by atoms with Crippen molar-refractivity contribution in [2.75, 3.05) is 17.8 Å². The van der Waals surface area contributed by atoms with E-state index in [-0.39, 0.29) is 10.4 Å². The lowest BCUT2D eigenvalue weighted by Crippen LogP contribution is -2.50. The molecular weight excluding hydrogens is 370 g/mol. The molecule has 142 valence electrons. The predicted octanol–water partition coefficient (Wildman–Crippen LogP) is 3.03. The SMILES string of the molecule is CC(C)(C)N1CCC(O)(c2ccc(S(=O)(=O)Nc3nccs3)cc2)CC1. The second-order valence-corrected chi connectivity index (χ2v) is 10.2. The number of anilines is 1. The van der Waals surface area contributed by atoms with Gasteiger partial charge in [-0.1, -0.05) is 12.1 Å². The Hall–Kier alpha value is -1.48. The molecule has 0 bridgehead atoms. The van der Waals surface area contributed by atoms with Crippen LogP contribution in [-0.2, 0) is 15.6 Å². The maximum atomic E-state index is 12.4. The van der Waals surface area contributed by atoms with Gasteiger partial charge in [-0.2, -0.15) is 0 Å². The first-order valence-electron chi connectivity index (χ1n) is 8.60. The van der Waals surface area contributed by atoms with Crippen molar-refractivity contribution in [2.24, 2.45) is 0 Å². The molecule has 2 N–H and O–H groups in total. The molecule has 1 fully saturated rings. The van der Waals surface area contributed by atoms with Gasteiger partial charge < -0.3 is 5.11 Å². The molecule has 0 atom stereocenters. The van der Waals surface area contributed by atoms with E-state index in [9.17, 15) is 13.5 Å². The van der Waals surface area contributed by atoms with Crippen LogP contribution in [0.4, 0.5) is 5.13 Å². The summed E-state index contributed by atoms with van der Waals surface area (Å²) < 4.78 is 27.3. The molecule has 1 aromatic heterocycles. The first-order chi connectivity index (χ1) is 12.1. The van der Waals surface area contributed by atoms with Crippen LogP contribution in [0.1, 0.15) is 39.2 Å². The highest BCUT2D eigenvalue weighted by molar-refractivity contribution is 7.93. The molecule has 8 heteroatoms. The Kier molecular flexibility index (Phi) is 5.13. The van der Waals surface area contributed by atoms with E-state index < -0.39 is 15.6 Å². The number of likely N-dealkylation sites (tertiary alicyclic amines) is 1. The van der Waals surface area contributed by atoms with Crippen molar-refractivity contribution >= 4 is 26.5 Å². The highest BCUT2D eigenvalue weighted by Crippen LogP contribution is 2.35. The smallest absolute Gasteiger partial charge is 0.263 e. The molecule has 0 unspecified atom stereocenters. The number of benzene rings is 1. The normalized spacial score (nSPS) is 18.6. The van der Waals surface area contributed by atoms with Gasteiger partial charge in [-0.3, -0.25) is 9.62 Å². The Morgan fingerprint density at radius 1 is 1.19 bits per heavy atom. The van der Waals surface area contributed by atoms with Crippen LogP contribution in [0.15, 0.2) is 40.7 Å². The van der Waals surface area contributed by atoms with Crippen LogP contribution >= 0.6 is 11.3 Å². The lowest BCUT2D eigenvalue weighted by atomic mass is 9.83. The van der Waals surface area contributed by atoms with Crippen LogP contribution < -0.4 is 4.72 Å². The van der Waals surface area contributed by atoms with Gasteiger partial charge in [-0.05, 0) is 51.3 Å². The van der Waals surface area contributed by atoms with E-state index >= 15 is 0 Å². The number of thiazole rings is 1. The number of piperidine rings is 1. The second kappa shape index (κ2) is 6.92. The topological polar surface area (TPSA) is 82.5 Å². The lowest BCUT2D eigenvalue weighted by Gasteiger charge is -2.44.